The number of fused-ring (bicyclic) bond motifs is 1. The maximum atomic E-state index is 13.8. The molecule has 0 unspecified atom stereocenters. The predicted molar refractivity (Wildman–Crippen MR) is 101 cm³/mol. The first-order chi connectivity index (χ1) is 13.6. The molecule has 2 heterocycles. The molecule has 1 aromatic carbocycles. The van der Waals surface area contributed by atoms with Gasteiger partial charge in [0, 0.05) is 24.3 Å². The average Bonchev–Trinajstić information content (AvgIpc) is 3.12. The highest BCUT2D eigenvalue weighted by molar-refractivity contribution is 5.99. The van der Waals surface area contributed by atoms with Crippen LogP contribution < -0.4 is 10.6 Å². The number of nitrogens with zero attached hydrogens (tertiary/aromatic N) is 3. The fraction of sp³-hybridized carbons (Fsp3) is 0.350. The zero-order chi connectivity index (χ0) is 19.5. The number of rotatable bonds is 5. The van der Waals surface area contributed by atoms with Gasteiger partial charge in [-0.15, -0.1) is 0 Å². The molecule has 1 aliphatic carbocycles. The number of halogens is 2. The monoisotopic (exact) mass is 385 g/mol. The molecule has 0 bridgehead atoms. The smallest absolute Gasteiger partial charge is 0.256 e. The molecule has 8 heteroatoms. The van der Waals surface area contributed by atoms with Crippen molar-refractivity contribution in [3.63, 3.8) is 0 Å². The number of hydrogen-bond acceptors (Lipinski definition) is 4. The van der Waals surface area contributed by atoms with Gasteiger partial charge in [-0.2, -0.15) is 5.10 Å². The van der Waals surface area contributed by atoms with Crippen LogP contribution in [-0.2, 0) is 6.54 Å². The van der Waals surface area contributed by atoms with E-state index in [1.807, 2.05) is 0 Å². The molecule has 2 N–H and O–H groups in total. The lowest BCUT2D eigenvalue weighted by atomic mass is 9.95. The second kappa shape index (κ2) is 7.92. The molecule has 1 fully saturated rings. The summed E-state index contributed by atoms with van der Waals surface area (Å²) in [4.78, 5) is 17.1. The van der Waals surface area contributed by atoms with Gasteiger partial charge in [0.25, 0.3) is 5.91 Å². The van der Waals surface area contributed by atoms with Gasteiger partial charge >= 0.3 is 0 Å². The van der Waals surface area contributed by atoms with Crippen LogP contribution in [-0.4, -0.2) is 26.5 Å². The van der Waals surface area contributed by atoms with Crippen LogP contribution in [0.1, 0.15) is 48.0 Å². The van der Waals surface area contributed by atoms with Gasteiger partial charge in [0.05, 0.1) is 6.20 Å². The summed E-state index contributed by atoms with van der Waals surface area (Å²) in [6.45, 7) is -0.0561. The first-order valence-electron chi connectivity index (χ1n) is 9.44. The van der Waals surface area contributed by atoms with Crippen molar-refractivity contribution < 1.29 is 13.6 Å². The number of anilines is 1. The van der Waals surface area contributed by atoms with E-state index < -0.39 is 11.6 Å². The summed E-state index contributed by atoms with van der Waals surface area (Å²) < 4.78 is 29.1. The van der Waals surface area contributed by atoms with Gasteiger partial charge in [-0.05, 0) is 31.0 Å². The van der Waals surface area contributed by atoms with E-state index in [0.29, 0.717) is 17.0 Å². The summed E-state index contributed by atoms with van der Waals surface area (Å²) in [6.07, 6.45) is 8.57. The maximum Gasteiger partial charge on any atom is 0.256 e. The molecule has 146 valence electrons. The van der Waals surface area contributed by atoms with Gasteiger partial charge in [-0.25, -0.2) is 18.3 Å². The maximum absolute atomic E-state index is 13.8. The number of amides is 1. The Labute approximate surface area is 161 Å². The Morgan fingerprint density at radius 2 is 1.89 bits per heavy atom. The van der Waals surface area contributed by atoms with Crippen LogP contribution >= 0.6 is 0 Å². The second-order valence-corrected chi connectivity index (χ2v) is 7.00. The highest BCUT2D eigenvalue weighted by atomic mass is 19.1. The van der Waals surface area contributed by atoms with Crippen LogP contribution in [0.5, 0.6) is 0 Å². The predicted octanol–water partition coefficient (Wildman–Crippen LogP) is 3.68. The third-order valence-electron chi connectivity index (χ3n) is 5.06. The number of nitrogens with one attached hydrogen (secondary N) is 2. The molecule has 28 heavy (non-hydrogen) atoms. The van der Waals surface area contributed by atoms with E-state index in [4.69, 9.17) is 0 Å². The van der Waals surface area contributed by atoms with E-state index in [2.05, 4.69) is 20.7 Å². The van der Waals surface area contributed by atoms with Crippen molar-refractivity contribution in [2.45, 2.75) is 44.7 Å². The van der Waals surface area contributed by atoms with Crippen molar-refractivity contribution in [1.29, 1.82) is 0 Å². The lowest BCUT2D eigenvalue weighted by Crippen LogP contribution is -2.36. The first-order valence-corrected chi connectivity index (χ1v) is 9.44. The van der Waals surface area contributed by atoms with E-state index in [0.717, 1.165) is 25.7 Å². The molecule has 1 amide bonds. The zero-order valence-electron chi connectivity index (χ0n) is 15.3. The molecule has 0 radical (unpaired) electrons. The normalized spacial score (nSPS) is 14.9. The van der Waals surface area contributed by atoms with Crippen molar-refractivity contribution >= 4 is 17.4 Å². The summed E-state index contributed by atoms with van der Waals surface area (Å²) in [5.41, 5.74) is 0.714. The Morgan fingerprint density at radius 3 is 2.64 bits per heavy atom. The summed E-state index contributed by atoms with van der Waals surface area (Å²) in [7, 11) is 0. The Balaban J connectivity index is 1.51. The molecule has 0 spiro atoms. The van der Waals surface area contributed by atoms with E-state index in [1.54, 1.807) is 12.3 Å². The minimum atomic E-state index is -0.620. The molecule has 0 atom stereocenters. The summed E-state index contributed by atoms with van der Waals surface area (Å²) >= 11 is 0. The lowest BCUT2D eigenvalue weighted by Gasteiger charge is -2.22. The molecular formula is C20H21F2N5O. The van der Waals surface area contributed by atoms with Crippen molar-refractivity contribution in [1.82, 2.24) is 19.9 Å². The molecule has 4 rings (SSSR count). The molecule has 6 nitrogen and oxygen atoms in total. The third-order valence-corrected chi connectivity index (χ3v) is 5.06. The van der Waals surface area contributed by atoms with Crippen LogP contribution in [0.25, 0.3) is 5.65 Å². The second-order valence-electron chi connectivity index (χ2n) is 7.00. The van der Waals surface area contributed by atoms with E-state index in [1.165, 1.54) is 35.3 Å². The van der Waals surface area contributed by atoms with Crippen LogP contribution in [0.4, 0.5) is 14.6 Å². The fourth-order valence-electron chi connectivity index (χ4n) is 3.52. The quantitative estimate of drug-likeness (QED) is 0.703. The highest BCUT2D eigenvalue weighted by Gasteiger charge is 2.20. The number of carbonyl (C=O) groups excluding carboxylic acids is 1. The minimum Gasteiger partial charge on any atom is -0.366 e. The lowest BCUT2D eigenvalue weighted by molar-refractivity contribution is 0.0929. The molecule has 2 aromatic heterocycles. The molecule has 1 aliphatic rings. The first kappa shape index (κ1) is 18.3. The fourth-order valence-corrected chi connectivity index (χ4v) is 3.52. The zero-order valence-corrected chi connectivity index (χ0v) is 15.3. The molecular weight excluding hydrogens is 364 g/mol. The average molecular weight is 385 g/mol. The van der Waals surface area contributed by atoms with Gasteiger partial charge in [-0.1, -0.05) is 25.3 Å². The molecule has 1 saturated carbocycles. The van der Waals surface area contributed by atoms with E-state index in [-0.39, 0.29) is 24.1 Å². The number of benzene rings is 1. The number of carbonyl (C=O) groups is 1. The van der Waals surface area contributed by atoms with Crippen molar-refractivity contribution in [3.8, 4) is 0 Å². The Bertz CT molecular complexity index is 977. The van der Waals surface area contributed by atoms with Gasteiger partial charge in [0.2, 0.25) is 0 Å². The number of hydrogen-bond donors (Lipinski definition) is 2. The largest absolute Gasteiger partial charge is 0.366 e. The summed E-state index contributed by atoms with van der Waals surface area (Å²) in [5, 5.41) is 10.1. The summed E-state index contributed by atoms with van der Waals surface area (Å²) in [6, 6.07) is 5.56. The van der Waals surface area contributed by atoms with Crippen molar-refractivity contribution in [3.05, 3.63) is 59.4 Å². The molecule has 0 aliphatic heterocycles. The van der Waals surface area contributed by atoms with E-state index in [9.17, 15) is 13.6 Å². The Kier molecular flexibility index (Phi) is 5.18. The van der Waals surface area contributed by atoms with Crippen LogP contribution in [0.3, 0.4) is 0 Å². The third kappa shape index (κ3) is 3.81. The minimum absolute atomic E-state index is 0.0561. The van der Waals surface area contributed by atoms with Crippen molar-refractivity contribution in [2.24, 2.45) is 0 Å². The van der Waals surface area contributed by atoms with Crippen LogP contribution in [0.2, 0.25) is 0 Å². The van der Waals surface area contributed by atoms with Gasteiger partial charge in [0.1, 0.15) is 23.0 Å². The summed E-state index contributed by atoms with van der Waals surface area (Å²) in [5.74, 6) is -1.04. The topological polar surface area (TPSA) is 71.3 Å². The SMILES string of the molecule is O=C(NC1CCCCC1)c1cnn2ccc(NCc3c(F)cccc3F)nc12. The van der Waals surface area contributed by atoms with Gasteiger partial charge in [-0.3, -0.25) is 4.79 Å². The van der Waals surface area contributed by atoms with E-state index >= 15 is 0 Å². The highest BCUT2D eigenvalue weighted by Crippen LogP contribution is 2.19. The van der Waals surface area contributed by atoms with Crippen LogP contribution in [0.15, 0.2) is 36.7 Å². The molecule has 3 aromatic rings. The van der Waals surface area contributed by atoms with Crippen molar-refractivity contribution in [2.75, 3.05) is 5.32 Å². The Morgan fingerprint density at radius 1 is 1.14 bits per heavy atom. The number of aromatic nitrogens is 3. The van der Waals surface area contributed by atoms with Gasteiger partial charge < -0.3 is 10.6 Å². The molecule has 0 saturated heterocycles. The standard InChI is InChI=1S/C20H21F2N5O/c21-16-7-4-8-17(22)14(16)11-23-18-9-10-27-19(26-18)15(12-24-27)20(28)25-13-5-2-1-3-6-13/h4,7-10,12-13H,1-3,5-6,11H2,(H,23,26)(H,25,28). The van der Waals surface area contributed by atoms with Gasteiger partial charge in [0.15, 0.2) is 5.65 Å². The Hall–Kier alpha value is -3.03. The van der Waals surface area contributed by atoms with Crippen LogP contribution in [0, 0.1) is 11.6 Å².